The minimum absolute atomic E-state index is 0.0949. The zero-order valence-electron chi connectivity index (χ0n) is 38.6. The van der Waals surface area contributed by atoms with E-state index in [1.165, 1.54) is 6.20 Å². The van der Waals surface area contributed by atoms with E-state index >= 15 is 0 Å². The molecule has 8 rings (SSSR count). The van der Waals surface area contributed by atoms with E-state index in [0.29, 0.717) is 65.2 Å². The summed E-state index contributed by atoms with van der Waals surface area (Å²) in [4.78, 5) is 19.1. The van der Waals surface area contributed by atoms with Crippen LogP contribution in [0.1, 0.15) is 69.2 Å². The van der Waals surface area contributed by atoms with Gasteiger partial charge in [-0.25, -0.2) is 32.5 Å². The molecule has 67 heavy (non-hydrogen) atoms. The Kier molecular flexibility index (Phi) is 17.9. The molecule has 0 spiro atoms. The number of nitrogens with one attached hydrogen (secondary N) is 2. The maximum absolute atomic E-state index is 14.0. The van der Waals surface area contributed by atoms with Gasteiger partial charge in [-0.2, -0.15) is 0 Å². The van der Waals surface area contributed by atoms with Gasteiger partial charge in [0.1, 0.15) is 11.5 Å². The number of rotatable bonds is 9. The number of hydrogen-bond donors (Lipinski definition) is 4. The number of anilines is 4. The van der Waals surface area contributed by atoms with Gasteiger partial charge >= 0.3 is 0 Å². The van der Waals surface area contributed by atoms with Gasteiger partial charge in [0.15, 0.2) is 5.82 Å². The lowest BCUT2D eigenvalue weighted by Crippen LogP contribution is -2.28. The number of nitrogens with two attached hydrogens (primary N) is 2. The normalized spacial score (nSPS) is 15.5. The van der Waals surface area contributed by atoms with Crippen LogP contribution in [0.4, 0.5) is 40.6 Å². The van der Waals surface area contributed by atoms with Crippen LogP contribution in [0.5, 0.6) is 0 Å². The fourth-order valence-corrected chi connectivity index (χ4v) is 8.46. The topological polar surface area (TPSA) is 121 Å². The second kappa shape index (κ2) is 23.1. The van der Waals surface area contributed by atoms with E-state index in [1.807, 2.05) is 116 Å². The average Bonchev–Trinajstić information content (AvgIpc) is 3.59. The fourth-order valence-electron chi connectivity index (χ4n) is 7.58. The van der Waals surface area contributed by atoms with Crippen LogP contribution in [0, 0.1) is 6.92 Å². The number of fused-ring (bicyclic) bond motifs is 2. The molecule has 4 heterocycles. The highest BCUT2D eigenvalue weighted by Gasteiger charge is 2.34. The second-order valence-corrected chi connectivity index (χ2v) is 19.1. The van der Waals surface area contributed by atoms with Gasteiger partial charge in [-0.05, 0) is 92.2 Å². The number of para-hydroxylation sites is 2. The lowest BCUT2D eigenvalue weighted by Gasteiger charge is -2.26. The maximum atomic E-state index is 14.0. The van der Waals surface area contributed by atoms with Crippen LogP contribution < -0.4 is 31.3 Å². The summed E-state index contributed by atoms with van der Waals surface area (Å²) in [6, 6.07) is 30.6. The molecule has 2 aliphatic rings. The Balaban J connectivity index is 0.000000230. The zero-order valence-corrected chi connectivity index (χ0v) is 40.2. The average molecular weight is 957 g/mol. The number of alkyl halides is 4. The van der Waals surface area contributed by atoms with E-state index in [9.17, 15) is 17.6 Å². The van der Waals surface area contributed by atoms with Gasteiger partial charge in [0.05, 0.1) is 22.2 Å². The summed E-state index contributed by atoms with van der Waals surface area (Å²) in [6.45, 7) is 19.0. The van der Waals surface area contributed by atoms with Crippen LogP contribution in [0.3, 0.4) is 0 Å². The molecule has 2 fully saturated rings. The van der Waals surface area contributed by atoms with Crippen molar-refractivity contribution in [2.24, 2.45) is 10.9 Å². The minimum Gasteiger partial charge on any atom is -0.405 e. The Hall–Kier alpha value is -6.09. The van der Waals surface area contributed by atoms with E-state index in [1.54, 1.807) is 12.1 Å². The smallest absolute Gasteiger partial charge is 0.249 e. The first-order valence-electron chi connectivity index (χ1n) is 22.2. The third-order valence-corrected chi connectivity index (χ3v) is 12.3. The van der Waals surface area contributed by atoms with Crippen molar-refractivity contribution in [1.82, 2.24) is 15.0 Å². The lowest BCUT2D eigenvalue weighted by molar-refractivity contribution is -0.0108. The zero-order chi connectivity index (χ0) is 48.9. The summed E-state index contributed by atoms with van der Waals surface area (Å²) in [5, 5.41) is 14.2. The van der Waals surface area contributed by atoms with Crippen LogP contribution in [0.15, 0.2) is 128 Å². The highest BCUT2D eigenvalue weighted by molar-refractivity contribution is 8.26. The number of halogens is 5. The summed E-state index contributed by atoms with van der Waals surface area (Å²) in [6.07, 6.45) is 1.44. The Morgan fingerprint density at radius 3 is 1.82 bits per heavy atom. The van der Waals surface area contributed by atoms with Crippen LogP contribution in [-0.4, -0.2) is 64.7 Å². The first-order valence-corrected chi connectivity index (χ1v) is 24.6. The highest BCUT2D eigenvalue weighted by atomic mass is 35.5. The van der Waals surface area contributed by atoms with Crippen LogP contribution in [0.25, 0.3) is 33.3 Å². The molecule has 2 aromatic heterocycles. The largest absolute Gasteiger partial charge is 0.405 e. The third kappa shape index (κ3) is 14.5. The van der Waals surface area contributed by atoms with Gasteiger partial charge in [0.2, 0.25) is 11.8 Å². The summed E-state index contributed by atoms with van der Waals surface area (Å²) in [7, 11) is -1.87. The lowest BCUT2D eigenvalue weighted by atomic mass is 10.1. The van der Waals surface area contributed by atoms with Gasteiger partial charge in [-0.1, -0.05) is 93.3 Å². The number of aromatic nitrogens is 3. The fraction of sp³-hybridized carbons (Fsp3) is 0.288. The standard InChI is InChI=1S/C25H27ClF2N4S.C23H24F2N4.C2H5N.C2H6/c1-17(30-20-6-4-7-21(16-20)33(2,3)29)22-14-18-8-9-19(26)15-23(18)31-24(22)32-12-5-10-25(27,28)11-13-32;1-16-7-5-8-18(15-16)26-17(2)21-22(28-20-10-4-3-9-19(20)27-21)29-13-6-11-23(24,25)12-14-29;1-2-3;1-2/h4,6-9,14-16,30H,1-3,5,10-13,29H2;3-5,7-10,15,26H,2,6,11-14H2,1H3;2H,1,3H2;1-2H3. The van der Waals surface area contributed by atoms with Crippen molar-refractivity contribution in [1.29, 1.82) is 0 Å². The summed E-state index contributed by atoms with van der Waals surface area (Å²) < 4.78 is 55.9. The molecule has 0 radical (unpaired) electrons. The first-order chi connectivity index (χ1) is 31.8. The molecule has 0 aliphatic carbocycles. The molecule has 9 nitrogen and oxygen atoms in total. The van der Waals surface area contributed by atoms with Gasteiger partial charge < -0.3 is 26.2 Å². The van der Waals surface area contributed by atoms with Gasteiger partial charge in [0.25, 0.3) is 0 Å². The Bertz CT molecular complexity index is 2800. The van der Waals surface area contributed by atoms with Crippen LogP contribution >= 0.6 is 21.0 Å². The molecule has 2 saturated heterocycles. The van der Waals surface area contributed by atoms with E-state index < -0.39 is 21.2 Å². The number of pyridine rings is 1. The molecular formula is C52H62ClF4N9S. The molecule has 0 amide bonds. The number of nitrogens with zero attached hydrogens (tertiary/aromatic N) is 5. The van der Waals surface area contributed by atoms with Crippen LogP contribution in [-0.2, 0) is 0 Å². The van der Waals surface area contributed by atoms with Crippen molar-refractivity contribution in [3.05, 3.63) is 145 Å². The van der Waals surface area contributed by atoms with E-state index in [2.05, 4.69) is 47.8 Å². The predicted octanol–water partition coefficient (Wildman–Crippen LogP) is 13.3. The number of benzene rings is 4. The van der Waals surface area contributed by atoms with Gasteiger partial charge in [-0.15, -0.1) is 9.39 Å². The Morgan fingerprint density at radius 1 is 0.687 bits per heavy atom. The van der Waals surface area contributed by atoms with Gasteiger partial charge in [-0.3, -0.25) is 5.14 Å². The third-order valence-electron chi connectivity index (χ3n) is 10.9. The predicted molar refractivity (Wildman–Crippen MR) is 281 cm³/mol. The Morgan fingerprint density at radius 2 is 1.22 bits per heavy atom. The van der Waals surface area contributed by atoms with Crippen molar-refractivity contribution >= 4 is 89.1 Å². The van der Waals surface area contributed by atoms with Crippen molar-refractivity contribution in [2.45, 2.75) is 76.0 Å². The van der Waals surface area contributed by atoms with Gasteiger partial charge in [0, 0.05) is 89.8 Å². The van der Waals surface area contributed by atoms with Crippen molar-refractivity contribution in [3.8, 4) is 0 Å². The highest BCUT2D eigenvalue weighted by Crippen LogP contribution is 2.37. The van der Waals surface area contributed by atoms with E-state index in [-0.39, 0.29) is 38.8 Å². The molecule has 356 valence electrons. The molecule has 6 aromatic rings. The summed E-state index contributed by atoms with van der Waals surface area (Å²) in [5.41, 5.74) is 12.2. The summed E-state index contributed by atoms with van der Waals surface area (Å²) in [5.74, 6) is 3.86. The molecule has 2 aliphatic heterocycles. The first kappa shape index (κ1) is 51.9. The quantitative estimate of drug-likeness (QED) is 0.0829. The minimum atomic E-state index is -2.66. The monoisotopic (exact) mass is 955 g/mol. The SMILES string of the molecule is C=C(Nc1cccc(C)c1)c1nc2ccccc2nc1N1CCCC(F)(F)CC1.C=C(Nc1cccc(S(=C)(=C)N)c1)c1cc2ccc(Cl)cc2nc1N1CCCC(F)(F)CC1.C=CN.CC. The molecule has 0 atom stereocenters. The molecular weight excluding hydrogens is 894 g/mol. The number of hydrogen-bond acceptors (Lipinski definition) is 9. The second-order valence-electron chi connectivity index (χ2n) is 16.3. The molecule has 15 heteroatoms. The van der Waals surface area contributed by atoms with Crippen molar-refractivity contribution < 1.29 is 17.6 Å². The molecule has 0 unspecified atom stereocenters. The molecule has 0 bridgehead atoms. The van der Waals surface area contributed by atoms with E-state index in [0.717, 1.165) is 43.8 Å². The molecule has 4 aromatic carbocycles. The van der Waals surface area contributed by atoms with E-state index in [4.69, 9.17) is 31.7 Å². The summed E-state index contributed by atoms with van der Waals surface area (Å²) >= 11 is 6.18. The van der Waals surface area contributed by atoms with Crippen molar-refractivity contribution in [3.63, 3.8) is 0 Å². The molecule has 0 saturated carbocycles. The Labute approximate surface area is 398 Å². The molecule has 6 N–H and O–H groups in total. The maximum Gasteiger partial charge on any atom is 0.249 e. The van der Waals surface area contributed by atoms with Crippen LogP contribution in [0.2, 0.25) is 5.02 Å². The number of aryl methyl sites for hydroxylation is 1. The van der Waals surface area contributed by atoms with Crippen molar-refractivity contribution in [2.75, 3.05) is 46.6 Å².